The number of hydrogen-bond donors (Lipinski definition) is 2. The minimum absolute atomic E-state index is 0.301. The largest absolute Gasteiger partial charge is 0.389 e. The Hall–Kier alpha value is -1.40. The van der Waals surface area contributed by atoms with E-state index in [2.05, 4.69) is 33.6 Å². The standard InChI is InChI=1S/C15H27N5O/c1-11(2)12-13(16)17-10-18-14(12)20-7-5-19(6-8-20)9-15(3,4)21/h10-11,21H,5-9H2,1-4H3,(H2,16,17,18). The Morgan fingerprint density at radius 1 is 1.24 bits per heavy atom. The van der Waals surface area contributed by atoms with Crippen LogP contribution < -0.4 is 10.6 Å². The summed E-state index contributed by atoms with van der Waals surface area (Å²) < 4.78 is 0. The van der Waals surface area contributed by atoms with Gasteiger partial charge in [-0.15, -0.1) is 0 Å². The molecule has 0 unspecified atom stereocenters. The SMILES string of the molecule is CC(C)c1c(N)ncnc1N1CCN(CC(C)(C)O)CC1. The van der Waals surface area contributed by atoms with E-state index in [1.54, 1.807) is 6.33 Å². The van der Waals surface area contributed by atoms with Gasteiger partial charge in [0.05, 0.1) is 5.60 Å². The van der Waals surface area contributed by atoms with E-state index >= 15 is 0 Å². The third kappa shape index (κ3) is 4.04. The monoisotopic (exact) mass is 293 g/mol. The van der Waals surface area contributed by atoms with Crippen molar-refractivity contribution in [3.63, 3.8) is 0 Å². The summed E-state index contributed by atoms with van der Waals surface area (Å²) >= 11 is 0. The molecule has 118 valence electrons. The molecule has 2 rings (SSSR count). The number of rotatable bonds is 4. The number of aromatic nitrogens is 2. The zero-order valence-electron chi connectivity index (χ0n) is 13.5. The van der Waals surface area contributed by atoms with Crippen LogP contribution in [0.2, 0.25) is 0 Å². The lowest BCUT2D eigenvalue weighted by Gasteiger charge is -2.38. The second-order valence-corrected chi connectivity index (χ2v) is 6.73. The van der Waals surface area contributed by atoms with Crippen LogP contribution in [0.3, 0.4) is 0 Å². The van der Waals surface area contributed by atoms with Crippen LogP contribution in [-0.2, 0) is 0 Å². The number of anilines is 2. The van der Waals surface area contributed by atoms with E-state index in [-0.39, 0.29) is 0 Å². The smallest absolute Gasteiger partial charge is 0.137 e. The minimum Gasteiger partial charge on any atom is -0.389 e. The summed E-state index contributed by atoms with van der Waals surface area (Å²) in [5.41, 5.74) is 6.41. The number of aliphatic hydroxyl groups is 1. The van der Waals surface area contributed by atoms with Crippen molar-refractivity contribution in [2.45, 2.75) is 39.2 Å². The highest BCUT2D eigenvalue weighted by molar-refractivity contribution is 5.58. The fourth-order valence-corrected chi connectivity index (χ4v) is 2.87. The molecule has 21 heavy (non-hydrogen) atoms. The topological polar surface area (TPSA) is 78.5 Å². The highest BCUT2D eigenvalue weighted by atomic mass is 16.3. The molecule has 0 bridgehead atoms. The Bertz CT molecular complexity index is 475. The maximum absolute atomic E-state index is 9.91. The van der Waals surface area contributed by atoms with Crippen molar-refractivity contribution >= 4 is 11.6 Å². The Labute approximate surface area is 127 Å². The molecule has 1 fully saturated rings. The van der Waals surface area contributed by atoms with Crippen molar-refractivity contribution in [3.8, 4) is 0 Å². The van der Waals surface area contributed by atoms with Gasteiger partial charge in [-0.3, -0.25) is 4.90 Å². The Morgan fingerprint density at radius 2 is 1.86 bits per heavy atom. The predicted molar refractivity (Wildman–Crippen MR) is 85.5 cm³/mol. The van der Waals surface area contributed by atoms with Crippen LogP contribution >= 0.6 is 0 Å². The molecule has 6 nitrogen and oxygen atoms in total. The van der Waals surface area contributed by atoms with Gasteiger partial charge in [-0.25, -0.2) is 9.97 Å². The summed E-state index contributed by atoms with van der Waals surface area (Å²) in [4.78, 5) is 13.1. The van der Waals surface area contributed by atoms with E-state index in [1.807, 2.05) is 13.8 Å². The number of nitrogen functional groups attached to an aromatic ring is 1. The molecule has 0 amide bonds. The molecule has 0 aliphatic carbocycles. The summed E-state index contributed by atoms with van der Waals surface area (Å²) in [6.45, 7) is 12.3. The van der Waals surface area contributed by atoms with Crippen molar-refractivity contribution in [2.75, 3.05) is 43.4 Å². The molecule has 3 N–H and O–H groups in total. The fraction of sp³-hybridized carbons (Fsp3) is 0.733. The molecule has 1 aromatic heterocycles. The van der Waals surface area contributed by atoms with Gasteiger partial charge >= 0.3 is 0 Å². The van der Waals surface area contributed by atoms with Gasteiger partial charge in [0, 0.05) is 38.3 Å². The minimum atomic E-state index is -0.648. The molecular weight excluding hydrogens is 266 g/mol. The van der Waals surface area contributed by atoms with Crippen LogP contribution in [0.1, 0.15) is 39.2 Å². The summed E-state index contributed by atoms with van der Waals surface area (Å²) in [5, 5.41) is 9.91. The molecule has 0 spiro atoms. The van der Waals surface area contributed by atoms with E-state index in [0.717, 1.165) is 37.6 Å². The molecule has 2 heterocycles. The number of hydrogen-bond acceptors (Lipinski definition) is 6. The number of nitrogens with two attached hydrogens (primary N) is 1. The van der Waals surface area contributed by atoms with Crippen molar-refractivity contribution in [3.05, 3.63) is 11.9 Å². The van der Waals surface area contributed by atoms with E-state index < -0.39 is 5.60 Å². The predicted octanol–water partition coefficient (Wildman–Crippen LogP) is 1.08. The Kier molecular flexibility index (Phi) is 4.68. The lowest BCUT2D eigenvalue weighted by Crippen LogP contribution is -2.51. The lowest BCUT2D eigenvalue weighted by atomic mass is 10.0. The molecule has 1 aliphatic heterocycles. The van der Waals surface area contributed by atoms with Crippen LogP contribution in [0.5, 0.6) is 0 Å². The van der Waals surface area contributed by atoms with Crippen molar-refractivity contribution in [2.24, 2.45) is 0 Å². The molecule has 1 aliphatic rings. The average Bonchev–Trinajstić information content (AvgIpc) is 2.37. The van der Waals surface area contributed by atoms with Gasteiger partial charge in [0.15, 0.2) is 0 Å². The molecule has 6 heteroatoms. The van der Waals surface area contributed by atoms with Crippen molar-refractivity contribution < 1.29 is 5.11 Å². The van der Waals surface area contributed by atoms with Crippen molar-refractivity contribution in [1.29, 1.82) is 0 Å². The third-order valence-electron chi connectivity index (χ3n) is 3.75. The molecule has 1 saturated heterocycles. The molecule has 0 saturated carbocycles. The first kappa shape index (κ1) is 16.0. The van der Waals surface area contributed by atoms with Gasteiger partial charge in [0.25, 0.3) is 0 Å². The van der Waals surface area contributed by atoms with E-state index in [9.17, 15) is 5.11 Å². The number of nitrogens with zero attached hydrogens (tertiary/aromatic N) is 4. The first-order valence-corrected chi connectivity index (χ1v) is 7.58. The van der Waals surface area contributed by atoms with Crippen LogP contribution in [0.25, 0.3) is 0 Å². The van der Waals surface area contributed by atoms with Crippen molar-refractivity contribution in [1.82, 2.24) is 14.9 Å². The van der Waals surface area contributed by atoms with Crippen LogP contribution in [0.15, 0.2) is 6.33 Å². The van der Waals surface area contributed by atoms with Gasteiger partial charge in [-0.1, -0.05) is 13.8 Å². The summed E-state index contributed by atoms with van der Waals surface area (Å²) in [6, 6.07) is 0. The second kappa shape index (κ2) is 6.15. The van der Waals surface area contributed by atoms with Gasteiger partial charge in [0.1, 0.15) is 18.0 Å². The van der Waals surface area contributed by atoms with Gasteiger partial charge in [-0.05, 0) is 19.8 Å². The zero-order valence-corrected chi connectivity index (χ0v) is 13.5. The fourth-order valence-electron chi connectivity index (χ4n) is 2.87. The van der Waals surface area contributed by atoms with Gasteiger partial charge in [0.2, 0.25) is 0 Å². The van der Waals surface area contributed by atoms with Gasteiger partial charge < -0.3 is 15.7 Å². The van der Waals surface area contributed by atoms with E-state index in [1.165, 1.54) is 0 Å². The molecular formula is C15H27N5O. The second-order valence-electron chi connectivity index (χ2n) is 6.73. The normalized spacial score (nSPS) is 17.5. The Balaban J connectivity index is 2.08. The zero-order chi connectivity index (χ0) is 15.6. The molecule has 0 radical (unpaired) electrons. The molecule has 0 atom stereocenters. The maximum Gasteiger partial charge on any atom is 0.137 e. The highest BCUT2D eigenvalue weighted by Gasteiger charge is 2.25. The van der Waals surface area contributed by atoms with Crippen LogP contribution in [0.4, 0.5) is 11.6 Å². The van der Waals surface area contributed by atoms with Gasteiger partial charge in [-0.2, -0.15) is 0 Å². The first-order valence-electron chi connectivity index (χ1n) is 7.58. The van der Waals surface area contributed by atoms with E-state index in [0.29, 0.717) is 18.3 Å². The first-order chi connectivity index (χ1) is 9.78. The van der Waals surface area contributed by atoms with E-state index in [4.69, 9.17) is 5.73 Å². The summed E-state index contributed by atoms with van der Waals surface area (Å²) in [5.74, 6) is 1.84. The quantitative estimate of drug-likeness (QED) is 0.865. The average molecular weight is 293 g/mol. The highest BCUT2D eigenvalue weighted by Crippen LogP contribution is 2.29. The lowest BCUT2D eigenvalue weighted by molar-refractivity contribution is 0.0344. The third-order valence-corrected chi connectivity index (χ3v) is 3.75. The summed E-state index contributed by atoms with van der Waals surface area (Å²) in [7, 11) is 0. The molecule has 1 aromatic rings. The maximum atomic E-state index is 9.91. The number of piperazine rings is 1. The summed E-state index contributed by atoms with van der Waals surface area (Å²) in [6.07, 6.45) is 1.54. The van der Waals surface area contributed by atoms with Crippen LogP contribution in [0, 0.1) is 0 Å². The van der Waals surface area contributed by atoms with Crippen LogP contribution in [-0.4, -0.2) is 58.3 Å². The number of β-amino-alcohol motifs (C(OH)–C–C–N with tert-alkyl or cyclic N) is 1. The Morgan fingerprint density at radius 3 is 2.38 bits per heavy atom. The molecule has 0 aromatic carbocycles.